The van der Waals surface area contributed by atoms with E-state index in [1.165, 1.54) is 0 Å². The molecule has 0 fully saturated rings. The van der Waals surface area contributed by atoms with Crippen molar-refractivity contribution in [3.05, 3.63) is 67.6 Å². The van der Waals surface area contributed by atoms with Gasteiger partial charge < -0.3 is 0 Å². The molecule has 20 heavy (non-hydrogen) atoms. The molecular weight excluding hydrogens is 336 g/mol. The van der Waals surface area contributed by atoms with Crippen LogP contribution < -0.4 is 0 Å². The highest BCUT2D eigenvalue weighted by molar-refractivity contribution is 6.35. The van der Waals surface area contributed by atoms with Gasteiger partial charge in [-0.05, 0) is 41.8 Å². The van der Waals surface area contributed by atoms with E-state index in [9.17, 15) is 5.26 Å². The molecule has 0 aliphatic rings. The molecular formula is C15H9Cl4N. The summed E-state index contributed by atoms with van der Waals surface area (Å²) >= 11 is 24.0. The minimum absolute atomic E-state index is 0.390. The first-order valence-electron chi connectivity index (χ1n) is 5.79. The van der Waals surface area contributed by atoms with E-state index in [-0.39, 0.29) is 0 Å². The first kappa shape index (κ1) is 15.5. The van der Waals surface area contributed by atoms with Crippen molar-refractivity contribution in [1.82, 2.24) is 0 Å². The summed E-state index contributed by atoms with van der Waals surface area (Å²) in [5, 5.41) is 11.5. The molecule has 0 spiro atoms. The number of nitrogens with zero attached hydrogens (tertiary/aromatic N) is 1. The number of halogens is 4. The van der Waals surface area contributed by atoms with Gasteiger partial charge in [0, 0.05) is 20.1 Å². The second-order valence-corrected chi connectivity index (χ2v) is 5.97. The molecule has 0 radical (unpaired) electrons. The zero-order valence-corrected chi connectivity index (χ0v) is 13.2. The second kappa shape index (κ2) is 6.70. The normalized spacial score (nSPS) is 11.9. The molecule has 0 bridgehead atoms. The number of hydrogen-bond donors (Lipinski definition) is 0. The highest BCUT2D eigenvalue weighted by Crippen LogP contribution is 2.32. The molecule has 1 unspecified atom stereocenters. The Morgan fingerprint density at radius 3 is 2.05 bits per heavy atom. The van der Waals surface area contributed by atoms with Gasteiger partial charge in [0.2, 0.25) is 0 Å². The van der Waals surface area contributed by atoms with Crippen LogP contribution >= 0.6 is 46.4 Å². The molecule has 0 heterocycles. The van der Waals surface area contributed by atoms with E-state index < -0.39 is 5.92 Å². The second-order valence-electron chi connectivity index (χ2n) is 4.29. The topological polar surface area (TPSA) is 23.8 Å². The van der Waals surface area contributed by atoms with Crippen LogP contribution in [0.4, 0.5) is 0 Å². The summed E-state index contributed by atoms with van der Waals surface area (Å²) in [6.07, 6.45) is 0.466. The van der Waals surface area contributed by atoms with E-state index in [1.807, 2.05) is 6.07 Å². The third kappa shape index (κ3) is 3.59. The molecule has 0 N–H and O–H groups in total. The molecule has 0 saturated heterocycles. The number of nitriles is 1. The van der Waals surface area contributed by atoms with Crippen LogP contribution in [-0.2, 0) is 6.42 Å². The molecule has 0 aliphatic heterocycles. The van der Waals surface area contributed by atoms with E-state index in [0.29, 0.717) is 26.5 Å². The monoisotopic (exact) mass is 343 g/mol. The zero-order chi connectivity index (χ0) is 14.7. The van der Waals surface area contributed by atoms with Crippen molar-refractivity contribution in [1.29, 1.82) is 5.26 Å². The molecule has 0 saturated carbocycles. The smallest absolute Gasteiger partial charge is 0.0767 e. The fraction of sp³-hybridized carbons (Fsp3) is 0.133. The summed E-state index contributed by atoms with van der Waals surface area (Å²) in [7, 11) is 0. The van der Waals surface area contributed by atoms with Gasteiger partial charge >= 0.3 is 0 Å². The van der Waals surface area contributed by atoms with Crippen LogP contribution in [-0.4, -0.2) is 0 Å². The molecule has 1 atom stereocenters. The summed E-state index contributed by atoms with van der Waals surface area (Å²) in [6, 6.07) is 12.6. The van der Waals surface area contributed by atoms with E-state index in [4.69, 9.17) is 46.4 Å². The zero-order valence-electron chi connectivity index (χ0n) is 10.2. The SMILES string of the molecule is N#CC(Cc1ccc(Cl)cc1Cl)c1ccc(Cl)cc1Cl. The average Bonchev–Trinajstić information content (AvgIpc) is 2.39. The molecule has 2 aromatic rings. The van der Waals surface area contributed by atoms with Gasteiger partial charge in [0.05, 0.1) is 12.0 Å². The summed E-state index contributed by atoms with van der Waals surface area (Å²) < 4.78 is 0. The minimum atomic E-state index is -0.390. The van der Waals surface area contributed by atoms with Crippen LogP contribution in [0.5, 0.6) is 0 Å². The molecule has 0 aromatic heterocycles. The van der Waals surface area contributed by atoms with Gasteiger partial charge in [-0.15, -0.1) is 0 Å². The standard InChI is InChI=1S/C15H9Cl4N/c16-11-2-1-9(14(18)6-11)5-10(8-20)13-4-3-12(17)7-15(13)19/h1-4,6-7,10H,5H2. The van der Waals surface area contributed by atoms with Crippen molar-refractivity contribution >= 4 is 46.4 Å². The lowest BCUT2D eigenvalue weighted by atomic mass is 9.93. The Balaban J connectivity index is 2.32. The van der Waals surface area contributed by atoms with Crippen LogP contribution in [0.2, 0.25) is 20.1 Å². The van der Waals surface area contributed by atoms with Gasteiger partial charge in [0.15, 0.2) is 0 Å². The molecule has 1 nitrogen and oxygen atoms in total. The average molecular weight is 345 g/mol. The van der Waals surface area contributed by atoms with Gasteiger partial charge in [-0.25, -0.2) is 0 Å². The summed E-state index contributed by atoms with van der Waals surface area (Å²) in [5.41, 5.74) is 1.60. The van der Waals surface area contributed by atoms with E-state index >= 15 is 0 Å². The molecule has 102 valence electrons. The lowest BCUT2D eigenvalue weighted by molar-refractivity contribution is 0.849. The Morgan fingerprint density at radius 1 is 0.900 bits per heavy atom. The maximum atomic E-state index is 9.37. The van der Waals surface area contributed by atoms with Gasteiger partial charge in [-0.3, -0.25) is 0 Å². The molecule has 0 amide bonds. The summed E-state index contributed by atoms with van der Waals surface area (Å²) in [5.74, 6) is -0.390. The first-order chi connectivity index (χ1) is 9.51. The quantitative estimate of drug-likeness (QED) is 0.655. The van der Waals surface area contributed by atoms with Gasteiger partial charge in [-0.1, -0.05) is 58.5 Å². The Labute approximate surface area is 137 Å². The van der Waals surface area contributed by atoms with E-state index in [0.717, 1.165) is 11.1 Å². The Bertz CT molecular complexity index is 676. The molecule has 0 aliphatic carbocycles. The molecule has 5 heteroatoms. The highest BCUT2D eigenvalue weighted by atomic mass is 35.5. The van der Waals surface area contributed by atoms with E-state index in [2.05, 4.69) is 6.07 Å². The van der Waals surface area contributed by atoms with E-state index in [1.54, 1.807) is 30.3 Å². The fourth-order valence-electron chi connectivity index (χ4n) is 1.92. The predicted octanol–water partition coefficient (Wildman–Crippen LogP) is 6.15. The molecule has 2 rings (SSSR count). The van der Waals surface area contributed by atoms with Crippen LogP contribution in [0.3, 0.4) is 0 Å². The summed E-state index contributed by atoms with van der Waals surface area (Å²) in [4.78, 5) is 0. The lowest BCUT2D eigenvalue weighted by Crippen LogP contribution is -2.02. The number of rotatable bonds is 3. The summed E-state index contributed by atoms with van der Waals surface area (Å²) in [6.45, 7) is 0. The van der Waals surface area contributed by atoms with Crippen LogP contribution in [0.15, 0.2) is 36.4 Å². The van der Waals surface area contributed by atoms with Crippen molar-refractivity contribution in [2.75, 3.05) is 0 Å². The maximum absolute atomic E-state index is 9.37. The van der Waals surface area contributed by atoms with Gasteiger partial charge in [0.1, 0.15) is 0 Å². The third-order valence-corrected chi connectivity index (χ3v) is 4.08. The van der Waals surface area contributed by atoms with Crippen LogP contribution in [0.1, 0.15) is 17.0 Å². The van der Waals surface area contributed by atoms with Crippen molar-refractivity contribution < 1.29 is 0 Å². The maximum Gasteiger partial charge on any atom is 0.0767 e. The Morgan fingerprint density at radius 2 is 1.50 bits per heavy atom. The minimum Gasteiger partial charge on any atom is -0.198 e. The van der Waals surface area contributed by atoms with Crippen molar-refractivity contribution in [2.24, 2.45) is 0 Å². The lowest BCUT2D eigenvalue weighted by Gasteiger charge is -2.13. The third-order valence-electron chi connectivity index (χ3n) is 2.93. The predicted molar refractivity (Wildman–Crippen MR) is 85.0 cm³/mol. The fourth-order valence-corrected chi connectivity index (χ4v) is 2.94. The van der Waals surface area contributed by atoms with Crippen molar-refractivity contribution in [3.8, 4) is 6.07 Å². The Hall–Kier alpha value is -0.910. The first-order valence-corrected chi connectivity index (χ1v) is 7.31. The Kier molecular flexibility index (Phi) is 5.18. The number of hydrogen-bond acceptors (Lipinski definition) is 1. The van der Waals surface area contributed by atoms with Crippen LogP contribution in [0, 0.1) is 11.3 Å². The van der Waals surface area contributed by atoms with Crippen LogP contribution in [0.25, 0.3) is 0 Å². The largest absolute Gasteiger partial charge is 0.198 e. The number of benzene rings is 2. The highest BCUT2D eigenvalue weighted by Gasteiger charge is 2.16. The van der Waals surface area contributed by atoms with Crippen molar-refractivity contribution in [3.63, 3.8) is 0 Å². The van der Waals surface area contributed by atoms with Gasteiger partial charge in [-0.2, -0.15) is 5.26 Å². The molecule has 2 aromatic carbocycles. The van der Waals surface area contributed by atoms with Crippen molar-refractivity contribution in [2.45, 2.75) is 12.3 Å². The van der Waals surface area contributed by atoms with Gasteiger partial charge in [0.25, 0.3) is 0 Å².